The first-order chi connectivity index (χ1) is 14.0. The maximum atomic E-state index is 12.9. The summed E-state index contributed by atoms with van der Waals surface area (Å²) >= 11 is 0. The minimum atomic E-state index is -0.273. The van der Waals surface area contributed by atoms with Gasteiger partial charge in [-0.1, -0.05) is 26.2 Å². The fraction of sp³-hybridized carbons (Fsp3) is 0.545. The van der Waals surface area contributed by atoms with E-state index >= 15 is 0 Å². The van der Waals surface area contributed by atoms with E-state index in [1.54, 1.807) is 28.0 Å². The summed E-state index contributed by atoms with van der Waals surface area (Å²) in [6, 6.07) is 4.80. The topological polar surface area (TPSA) is 78.0 Å². The molecule has 3 aliphatic rings. The molecule has 0 bridgehead atoms. The highest BCUT2D eigenvalue weighted by Gasteiger charge is 2.40. The number of hydrogen-bond donors (Lipinski definition) is 0. The summed E-state index contributed by atoms with van der Waals surface area (Å²) in [5.74, 6) is -0.568. The highest BCUT2D eigenvalue weighted by molar-refractivity contribution is 6.22. The standard InChI is InChI=1S/C22H27N3O4/c1-2-19(26)23-10-12-24(13-11-23)20(27)15-8-9-17-18(14-15)22(29)25(21(17)28)16-6-4-3-5-7-16/h8-9,14,16H,2-7,10-13H2,1H3. The van der Waals surface area contributed by atoms with Crippen LogP contribution in [0.1, 0.15) is 76.5 Å². The van der Waals surface area contributed by atoms with Gasteiger partial charge in [-0.2, -0.15) is 0 Å². The first-order valence-corrected chi connectivity index (χ1v) is 10.6. The number of piperazine rings is 1. The maximum Gasteiger partial charge on any atom is 0.261 e. The summed E-state index contributed by atoms with van der Waals surface area (Å²) in [7, 11) is 0. The normalized spacial score (nSPS) is 20.2. The number of rotatable bonds is 3. The molecule has 2 heterocycles. The Morgan fingerprint density at radius 3 is 2.17 bits per heavy atom. The van der Waals surface area contributed by atoms with Crippen molar-refractivity contribution in [2.24, 2.45) is 0 Å². The number of carbonyl (C=O) groups is 4. The number of carbonyl (C=O) groups excluding carboxylic acids is 4. The highest BCUT2D eigenvalue weighted by atomic mass is 16.2. The second-order valence-corrected chi connectivity index (χ2v) is 8.06. The van der Waals surface area contributed by atoms with Crippen molar-refractivity contribution in [3.05, 3.63) is 34.9 Å². The Hall–Kier alpha value is -2.70. The van der Waals surface area contributed by atoms with E-state index in [0.29, 0.717) is 49.3 Å². The molecule has 154 valence electrons. The predicted molar refractivity (Wildman–Crippen MR) is 107 cm³/mol. The third-order valence-electron chi connectivity index (χ3n) is 6.33. The van der Waals surface area contributed by atoms with Crippen molar-refractivity contribution in [1.82, 2.24) is 14.7 Å². The molecule has 1 aromatic rings. The van der Waals surface area contributed by atoms with Gasteiger partial charge in [0.15, 0.2) is 0 Å². The van der Waals surface area contributed by atoms with Crippen LogP contribution in [0.4, 0.5) is 0 Å². The summed E-state index contributed by atoms with van der Waals surface area (Å²) in [4.78, 5) is 55.4. The fourth-order valence-electron chi connectivity index (χ4n) is 4.63. The lowest BCUT2D eigenvalue weighted by molar-refractivity contribution is -0.132. The summed E-state index contributed by atoms with van der Waals surface area (Å²) in [5.41, 5.74) is 1.16. The number of fused-ring (bicyclic) bond motifs is 1. The molecule has 2 fully saturated rings. The van der Waals surface area contributed by atoms with Crippen LogP contribution in [0, 0.1) is 0 Å². The van der Waals surface area contributed by atoms with Gasteiger partial charge in [0.05, 0.1) is 11.1 Å². The molecule has 1 saturated heterocycles. The Morgan fingerprint density at radius 1 is 0.897 bits per heavy atom. The fourth-order valence-corrected chi connectivity index (χ4v) is 4.63. The first kappa shape index (κ1) is 19.6. The van der Waals surface area contributed by atoms with Crippen molar-refractivity contribution in [3.63, 3.8) is 0 Å². The maximum absolute atomic E-state index is 12.9. The van der Waals surface area contributed by atoms with Gasteiger partial charge in [-0.3, -0.25) is 24.1 Å². The Kier molecular flexibility index (Phi) is 5.39. The SMILES string of the molecule is CCC(=O)N1CCN(C(=O)c2ccc3c(c2)C(=O)N(C2CCCCC2)C3=O)CC1. The molecule has 29 heavy (non-hydrogen) atoms. The van der Waals surface area contributed by atoms with Gasteiger partial charge < -0.3 is 9.80 Å². The summed E-state index contributed by atoms with van der Waals surface area (Å²) < 4.78 is 0. The largest absolute Gasteiger partial charge is 0.339 e. The van der Waals surface area contributed by atoms with Gasteiger partial charge in [-0.25, -0.2) is 0 Å². The molecule has 0 radical (unpaired) electrons. The van der Waals surface area contributed by atoms with E-state index in [1.165, 1.54) is 4.90 Å². The van der Waals surface area contributed by atoms with Crippen LogP contribution in [0.3, 0.4) is 0 Å². The molecule has 2 aliphatic heterocycles. The van der Waals surface area contributed by atoms with E-state index in [2.05, 4.69) is 0 Å². The zero-order chi connectivity index (χ0) is 20.5. The molecule has 0 N–H and O–H groups in total. The van der Waals surface area contributed by atoms with Gasteiger partial charge in [-0.05, 0) is 31.0 Å². The van der Waals surface area contributed by atoms with Gasteiger partial charge in [0.1, 0.15) is 0 Å². The Balaban J connectivity index is 1.49. The van der Waals surface area contributed by atoms with E-state index in [0.717, 1.165) is 32.1 Å². The van der Waals surface area contributed by atoms with E-state index in [-0.39, 0.29) is 29.7 Å². The lowest BCUT2D eigenvalue weighted by atomic mass is 9.94. The molecule has 4 rings (SSSR count). The number of nitrogens with zero attached hydrogens (tertiary/aromatic N) is 3. The van der Waals surface area contributed by atoms with E-state index in [9.17, 15) is 19.2 Å². The monoisotopic (exact) mass is 397 g/mol. The molecular formula is C22H27N3O4. The highest BCUT2D eigenvalue weighted by Crippen LogP contribution is 2.31. The molecule has 0 unspecified atom stereocenters. The van der Waals surface area contributed by atoms with Crippen LogP contribution < -0.4 is 0 Å². The first-order valence-electron chi connectivity index (χ1n) is 10.6. The zero-order valence-electron chi connectivity index (χ0n) is 16.9. The average Bonchev–Trinajstić information content (AvgIpc) is 3.03. The second-order valence-electron chi connectivity index (χ2n) is 8.06. The molecular weight excluding hydrogens is 370 g/mol. The van der Waals surface area contributed by atoms with Crippen molar-refractivity contribution in [3.8, 4) is 0 Å². The molecule has 7 heteroatoms. The van der Waals surface area contributed by atoms with E-state index < -0.39 is 0 Å². The lowest BCUT2D eigenvalue weighted by Crippen LogP contribution is -2.50. The third-order valence-corrected chi connectivity index (χ3v) is 6.33. The van der Waals surface area contributed by atoms with Crippen molar-refractivity contribution in [1.29, 1.82) is 0 Å². The van der Waals surface area contributed by atoms with Crippen LogP contribution in [0.5, 0.6) is 0 Å². The van der Waals surface area contributed by atoms with Crippen LogP contribution in [0.2, 0.25) is 0 Å². The van der Waals surface area contributed by atoms with Crippen molar-refractivity contribution >= 4 is 23.6 Å². The van der Waals surface area contributed by atoms with Gasteiger partial charge in [-0.15, -0.1) is 0 Å². The smallest absolute Gasteiger partial charge is 0.261 e. The van der Waals surface area contributed by atoms with E-state index in [4.69, 9.17) is 0 Å². The molecule has 0 atom stereocenters. The quantitative estimate of drug-likeness (QED) is 0.734. The minimum Gasteiger partial charge on any atom is -0.339 e. The van der Waals surface area contributed by atoms with Crippen LogP contribution in [-0.2, 0) is 4.79 Å². The molecule has 1 aromatic carbocycles. The van der Waals surface area contributed by atoms with Crippen LogP contribution >= 0.6 is 0 Å². The van der Waals surface area contributed by atoms with Gasteiger partial charge in [0, 0.05) is 44.2 Å². The van der Waals surface area contributed by atoms with Crippen molar-refractivity contribution in [2.45, 2.75) is 51.5 Å². The summed E-state index contributed by atoms with van der Waals surface area (Å²) in [6.07, 6.45) is 5.40. The molecule has 4 amide bonds. The predicted octanol–water partition coefficient (Wildman–Crippen LogP) is 2.31. The zero-order valence-corrected chi connectivity index (χ0v) is 16.9. The Labute approximate surface area is 170 Å². The number of benzene rings is 1. The number of hydrogen-bond acceptors (Lipinski definition) is 4. The molecule has 7 nitrogen and oxygen atoms in total. The molecule has 0 aromatic heterocycles. The van der Waals surface area contributed by atoms with Crippen molar-refractivity contribution in [2.75, 3.05) is 26.2 Å². The minimum absolute atomic E-state index is 0.0283. The Bertz CT molecular complexity index is 852. The average molecular weight is 397 g/mol. The number of amides is 4. The second kappa shape index (κ2) is 7.97. The van der Waals surface area contributed by atoms with Crippen LogP contribution in [0.15, 0.2) is 18.2 Å². The third kappa shape index (κ3) is 3.54. The van der Waals surface area contributed by atoms with Gasteiger partial charge in [0.25, 0.3) is 17.7 Å². The van der Waals surface area contributed by atoms with Crippen LogP contribution in [0.25, 0.3) is 0 Å². The molecule has 1 aliphatic carbocycles. The summed E-state index contributed by atoms with van der Waals surface area (Å²) in [6.45, 7) is 3.83. The number of imide groups is 1. The van der Waals surface area contributed by atoms with Gasteiger partial charge >= 0.3 is 0 Å². The summed E-state index contributed by atoms with van der Waals surface area (Å²) in [5, 5.41) is 0. The molecule has 1 saturated carbocycles. The van der Waals surface area contributed by atoms with Crippen LogP contribution in [-0.4, -0.2) is 70.5 Å². The van der Waals surface area contributed by atoms with Crippen molar-refractivity contribution < 1.29 is 19.2 Å². The molecule has 0 spiro atoms. The Morgan fingerprint density at radius 2 is 1.52 bits per heavy atom. The van der Waals surface area contributed by atoms with Gasteiger partial charge in [0.2, 0.25) is 5.91 Å². The van der Waals surface area contributed by atoms with E-state index in [1.807, 2.05) is 6.92 Å². The lowest BCUT2D eigenvalue weighted by Gasteiger charge is -2.34.